The molecular weight excluding hydrogens is 356 g/mol. The van der Waals surface area contributed by atoms with Gasteiger partial charge in [0.15, 0.2) is 0 Å². The molecule has 27 heavy (non-hydrogen) atoms. The van der Waals surface area contributed by atoms with Crippen LogP contribution in [0.4, 0.5) is 0 Å². The normalized spacial score (nSPS) is 35.6. The molecule has 0 aromatic carbocycles. The Kier molecular flexibility index (Phi) is 4.57. The van der Waals surface area contributed by atoms with Crippen LogP contribution in [0, 0.1) is 24.7 Å². The molecule has 148 valence electrons. The summed E-state index contributed by atoms with van der Waals surface area (Å²) in [5.41, 5.74) is 0.951. The van der Waals surface area contributed by atoms with E-state index in [9.17, 15) is 4.79 Å². The van der Waals surface area contributed by atoms with Gasteiger partial charge in [0, 0.05) is 17.8 Å². The molecule has 0 atom stereocenters. The zero-order valence-corrected chi connectivity index (χ0v) is 17.5. The molecule has 0 saturated heterocycles. The maximum Gasteiger partial charge on any atom is 0.293 e. The molecule has 0 radical (unpaired) electrons. The Morgan fingerprint density at radius 1 is 1.07 bits per heavy atom. The van der Waals surface area contributed by atoms with E-state index < -0.39 is 0 Å². The van der Waals surface area contributed by atoms with Crippen molar-refractivity contribution in [1.29, 1.82) is 0 Å². The molecule has 0 unspecified atom stereocenters. The van der Waals surface area contributed by atoms with Gasteiger partial charge in [-0.3, -0.25) is 4.79 Å². The molecule has 5 fully saturated rings. The Morgan fingerprint density at radius 2 is 1.67 bits per heavy atom. The molecule has 1 aromatic rings. The summed E-state index contributed by atoms with van der Waals surface area (Å²) in [7, 11) is 2.03. The molecule has 4 nitrogen and oxygen atoms in total. The van der Waals surface area contributed by atoms with E-state index >= 15 is 0 Å². The van der Waals surface area contributed by atoms with Crippen LogP contribution in [-0.4, -0.2) is 33.8 Å². The van der Waals surface area contributed by atoms with E-state index in [0.29, 0.717) is 11.0 Å². The second kappa shape index (κ2) is 6.82. The lowest BCUT2D eigenvalue weighted by Crippen LogP contribution is -2.60. The molecule has 4 bridgehead atoms. The maximum absolute atomic E-state index is 13.5. The Morgan fingerprint density at radius 3 is 2.26 bits per heavy atom. The van der Waals surface area contributed by atoms with Crippen molar-refractivity contribution >= 4 is 17.7 Å². The van der Waals surface area contributed by atoms with Gasteiger partial charge in [-0.2, -0.15) is 0 Å². The van der Waals surface area contributed by atoms with Gasteiger partial charge in [0.1, 0.15) is 0 Å². The zero-order valence-electron chi connectivity index (χ0n) is 16.7. The van der Waals surface area contributed by atoms with Gasteiger partial charge in [0.25, 0.3) is 5.91 Å². The minimum atomic E-state index is 0.0656. The number of carbonyl (C=O) groups excluding carboxylic acids is 1. The van der Waals surface area contributed by atoms with Crippen LogP contribution in [-0.2, 0) is 0 Å². The molecule has 5 heteroatoms. The van der Waals surface area contributed by atoms with E-state index in [0.717, 1.165) is 28.3 Å². The van der Waals surface area contributed by atoms with Crippen LogP contribution in [0.1, 0.15) is 86.9 Å². The lowest BCUT2D eigenvalue weighted by atomic mass is 9.52. The second-order valence-corrected chi connectivity index (χ2v) is 11.1. The van der Waals surface area contributed by atoms with E-state index in [4.69, 9.17) is 4.52 Å². The summed E-state index contributed by atoms with van der Waals surface area (Å²) in [5.74, 6) is 3.06. The number of hydrogen-bond acceptors (Lipinski definition) is 4. The quantitative estimate of drug-likeness (QED) is 0.688. The number of hydrogen-bond donors (Lipinski definition) is 0. The number of aromatic nitrogens is 1. The third-order valence-electron chi connectivity index (χ3n) is 7.86. The molecule has 0 N–H and O–H groups in total. The number of thioether (sulfide) groups is 1. The Hall–Kier alpha value is -0.970. The lowest BCUT2D eigenvalue weighted by Gasteiger charge is -2.59. The van der Waals surface area contributed by atoms with Gasteiger partial charge in [-0.25, -0.2) is 0 Å². The second-order valence-electron chi connectivity index (χ2n) is 9.81. The number of amides is 1. The minimum absolute atomic E-state index is 0.0656. The Bertz CT molecular complexity index is 687. The van der Waals surface area contributed by atoms with Crippen molar-refractivity contribution in [2.24, 2.45) is 17.8 Å². The van der Waals surface area contributed by atoms with Gasteiger partial charge >= 0.3 is 0 Å². The third-order valence-corrected chi connectivity index (χ3v) is 9.38. The van der Waals surface area contributed by atoms with Crippen molar-refractivity contribution in [2.45, 2.75) is 93.2 Å². The summed E-state index contributed by atoms with van der Waals surface area (Å²) in [6, 6.07) is 0. The smallest absolute Gasteiger partial charge is 0.293 e. The van der Waals surface area contributed by atoms with Crippen molar-refractivity contribution < 1.29 is 9.32 Å². The fraction of sp³-hybridized carbons (Fsp3) is 0.818. The van der Waals surface area contributed by atoms with E-state index in [2.05, 4.69) is 10.1 Å². The van der Waals surface area contributed by atoms with Gasteiger partial charge < -0.3 is 9.42 Å². The minimum Gasteiger partial charge on any atom is -0.350 e. The zero-order chi connectivity index (χ0) is 18.6. The summed E-state index contributed by atoms with van der Waals surface area (Å²) in [6.45, 7) is 1.98. The molecule has 5 aliphatic rings. The van der Waals surface area contributed by atoms with E-state index in [1.165, 1.54) is 70.6 Å². The SMILES string of the molecule is Cc1noc(C(=O)N(C)C23CC4CC(CC(C4)C2)C3)c1SC1CCCCC1. The monoisotopic (exact) mass is 388 g/mol. The highest BCUT2D eigenvalue weighted by atomic mass is 32.2. The number of aryl methyl sites for hydroxylation is 1. The molecule has 1 amide bonds. The summed E-state index contributed by atoms with van der Waals surface area (Å²) in [4.78, 5) is 16.6. The maximum atomic E-state index is 13.5. The first kappa shape index (κ1) is 18.1. The van der Waals surface area contributed by atoms with Crippen LogP contribution in [0.15, 0.2) is 9.42 Å². The molecule has 0 spiro atoms. The highest BCUT2D eigenvalue weighted by Crippen LogP contribution is 2.57. The largest absolute Gasteiger partial charge is 0.350 e. The van der Waals surface area contributed by atoms with Gasteiger partial charge in [0.2, 0.25) is 5.76 Å². The van der Waals surface area contributed by atoms with Crippen molar-refractivity contribution in [3.05, 3.63) is 11.5 Å². The van der Waals surface area contributed by atoms with Crippen LogP contribution in [0.2, 0.25) is 0 Å². The van der Waals surface area contributed by atoms with Crippen LogP contribution in [0.3, 0.4) is 0 Å². The third kappa shape index (κ3) is 3.14. The number of rotatable bonds is 4. The summed E-state index contributed by atoms with van der Waals surface area (Å²) in [6.07, 6.45) is 14.2. The number of carbonyl (C=O) groups is 1. The van der Waals surface area contributed by atoms with Gasteiger partial charge in [-0.1, -0.05) is 24.4 Å². The molecule has 6 rings (SSSR count). The Labute approximate surface area is 166 Å². The number of nitrogens with zero attached hydrogens (tertiary/aromatic N) is 2. The lowest BCUT2D eigenvalue weighted by molar-refractivity contribution is -0.0675. The van der Waals surface area contributed by atoms with Crippen molar-refractivity contribution in [2.75, 3.05) is 7.05 Å². The van der Waals surface area contributed by atoms with Gasteiger partial charge in [0.05, 0.1) is 10.6 Å². The van der Waals surface area contributed by atoms with Crippen LogP contribution < -0.4 is 0 Å². The highest BCUT2D eigenvalue weighted by molar-refractivity contribution is 8.00. The van der Waals surface area contributed by atoms with Crippen molar-refractivity contribution in [3.8, 4) is 0 Å². The molecule has 5 aliphatic carbocycles. The predicted octanol–water partition coefficient (Wildman–Crippen LogP) is 5.45. The topological polar surface area (TPSA) is 46.3 Å². The summed E-state index contributed by atoms with van der Waals surface area (Å²) >= 11 is 1.84. The van der Waals surface area contributed by atoms with Crippen molar-refractivity contribution in [3.63, 3.8) is 0 Å². The highest BCUT2D eigenvalue weighted by Gasteiger charge is 2.54. The first-order valence-electron chi connectivity index (χ1n) is 11.0. The fourth-order valence-corrected chi connectivity index (χ4v) is 8.17. The predicted molar refractivity (Wildman–Crippen MR) is 107 cm³/mol. The van der Waals surface area contributed by atoms with E-state index in [1.807, 2.05) is 25.7 Å². The average Bonchev–Trinajstić information content (AvgIpc) is 3.01. The average molecular weight is 389 g/mol. The van der Waals surface area contributed by atoms with Crippen LogP contribution >= 0.6 is 11.8 Å². The van der Waals surface area contributed by atoms with Gasteiger partial charge in [-0.15, -0.1) is 11.8 Å². The molecule has 1 heterocycles. The van der Waals surface area contributed by atoms with Crippen molar-refractivity contribution in [1.82, 2.24) is 10.1 Å². The van der Waals surface area contributed by atoms with Gasteiger partial charge in [-0.05, 0) is 76.0 Å². The summed E-state index contributed by atoms with van der Waals surface area (Å²) < 4.78 is 5.62. The van der Waals surface area contributed by atoms with E-state index in [-0.39, 0.29) is 11.4 Å². The summed E-state index contributed by atoms with van der Waals surface area (Å²) in [5, 5.41) is 4.79. The fourth-order valence-electron chi connectivity index (χ4n) is 6.83. The molecule has 0 aliphatic heterocycles. The first-order valence-corrected chi connectivity index (χ1v) is 11.8. The van der Waals surface area contributed by atoms with E-state index in [1.54, 1.807) is 0 Å². The Balaban J connectivity index is 1.38. The van der Waals surface area contributed by atoms with Crippen LogP contribution in [0.25, 0.3) is 0 Å². The molecule has 1 aromatic heterocycles. The first-order chi connectivity index (χ1) is 13.0. The van der Waals surface area contributed by atoms with Crippen LogP contribution in [0.5, 0.6) is 0 Å². The standard InChI is InChI=1S/C22H32N2O2S/c1-14-20(27-18-6-4-3-5-7-18)19(26-23-14)21(25)24(2)22-11-15-8-16(12-22)10-17(9-15)13-22/h15-18H,3-13H2,1-2H3. The molecule has 5 saturated carbocycles. The molecular formula is C22H32N2O2S.